The third-order valence-corrected chi connectivity index (χ3v) is 7.60. The predicted molar refractivity (Wildman–Crippen MR) is 114 cm³/mol. The number of nitrogens with zero attached hydrogens (tertiary/aromatic N) is 3. The first-order chi connectivity index (χ1) is 15.4. The van der Waals surface area contributed by atoms with Gasteiger partial charge in [-0.3, -0.25) is 15.6 Å². The van der Waals surface area contributed by atoms with Crippen LogP contribution in [-0.4, -0.2) is 73.3 Å². The number of carbonyl (C=O) groups excluding carboxylic acids is 1. The maximum absolute atomic E-state index is 13.4. The maximum Gasteiger partial charge on any atom is 0.406 e. The molecule has 0 aromatic carbocycles. The van der Waals surface area contributed by atoms with E-state index in [2.05, 4.69) is 32.1 Å². The molecule has 4 fully saturated rings. The number of halogens is 3. The van der Waals surface area contributed by atoms with Crippen LogP contribution in [0.2, 0.25) is 0 Å². The van der Waals surface area contributed by atoms with E-state index in [9.17, 15) is 18.0 Å². The number of fused-ring (bicyclic) bond motifs is 3. The van der Waals surface area contributed by atoms with Crippen molar-refractivity contribution in [3.63, 3.8) is 0 Å². The number of likely N-dealkylation sites (tertiary alicyclic amines) is 1. The SMILES string of the molecule is O=C1C2CNNC2C2CCC(c3cccnc3N3CCCNCC3)CC2N1CC(F)(F)F. The molecule has 0 spiro atoms. The third-order valence-electron chi connectivity index (χ3n) is 7.60. The first kappa shape index (κ1) is 21.9. The number of hydrogen-bond acceptors (Lipinski definition) is 6. The van der Waals surface area contributed by atoms with E-state index in [1.54, 1.807) is 6.20 Å². The van der Waals surface area contributed by atoms with Crippen LogP contribution in [0, 0.1) is 11.8 Å². The zero-order valence-corrected chi connectivity index (χ0v) is 18.1. The molecular weight excluding hydrogens is 421 g/mol. The molecule has 3 N–H and O–H groups in total. The van der Waals surface area contributed by atoms with Crippen LogP contribution in [0.15, 0.2) is 18.3 Å². The van der Waals surface area contributed by atoms with E-state index in [4.69, 9.17) is 0 Å². The molecule has 1 amide bonds. The van der Waals surface area contributed by atoms with Crippen molar-refractivity contribution < 1.29 is 18.0 Å². The van der Waals surface area contributed by atoms with E-state index in [0.29, 0.717) is 13.0 Å². The van der Waals surface area contributed by atoms with Crippen LogP contribution < -0.4 is 21.1 Å². The van der Waals surface area contributed by atoms with Gasteiger partial charge in [-0.25, -0.2) is 4.98 Å². The summed E-state index contributed by atoms with van der Waals surface area (Å²) < 4.78 is 40.3. The van der Waals surface area contributed by atoms with Crippen molar-refractivity contribution in [3.8, 4) is 0 Å². The Bertz CT molecular complexity index is 828. The minimum absolute atomic E-state index is 0.0220. The number of rotatable bonds is 3. The van der Waals surface area contributed by atoms with Gasteiger partial charge in [0.05, 0.1) is 5.92 Å². The second-order valence-electron chi connectivity index (χ2n) is 9.49. The van der Waals surface area contributed by atoms with Gasteiger partial charge in [0.2, 0.25) is 5.91 Å². The molecule has 4 aliphatic rings. The summed E-state index contributed by atoms with van der Waals surface area (Å²) in [5, 5.41) is 3.40. The van der Waals surface area contributed by atoms with Gasteiger partial charge in [-0.05, 0) is 55.7 Å². The highest BCUT2D eigenvalue weighted by Gasteiger charge is 2.54. The number of piperidine rings is 1. The normalized spacial score (nSPS) is 33.6. The van der Waals surface area contributed by atoms with Crippen molar-refractivity contribution in [1.29, 1.82) is 0 Å². The van der Waals surface area contributed by atoms with Gasteiger partial charge in [-0.15, -0.1) is 0 Å². The molecule has 5 atom stereocenters. The fraction of sp³-hybridized carbons (Fsp3) is 0.727. The topological polar surface area (TPSA) is 72.5 Å². The minimum atomic E-state index is -4.40. The molecule has 1 saturated carbocycles. The quantitative estimate of drug-likeness (QED) is 0.648. The van der Waals surface area contributed by atoms with Gasteiger partial charge in [-0.2, -0.15) is 13.2 Å². The highest BCUT2D eigenvalue weighted by molar-refractivity contribution is 5.82. The lowest BCUT2D eigenvalue weighted by Crippen LogP contribution is -2.63. The molecule has 5 unspecified atom stereocenters. The van der Waals surface area contributed by atoms with Gasteiger partial charge < -0.3 is 15.1 Å². The highest BCUT2D eigenvalue weighted by atomic mass is 19.4. The van der Waals surface area contributed by atoms with Crippen LogP contribution >= 0.6 is 0 Å². The van der Waals surface area contributed by atoms with Crippen molar-refractivity contribution >= 4 is 11.7 Å². The Labute approximate surface area is 186 Å². The number of hydrogen-bond donors (Lipinski definition) is 3. The van der Waals surface area contributed by atoms with Crippen LogP contribution in [0.3, 0.4) is 0 Å². The molecule has 1 aliphatic carbocycles. The average Bonchev–Trinajstić information content (AvgIpc) is 3.11. The number of pyridine rings is 1. The Morgan fingerprint density at radius 3 is 2.91 bits per heavy atom. The summed E-state index contributed by atoms with van der Waals surface area (Å²) >= 11 is 0. The molecule has 32 heavy (non-hydrogen) atoms. The molecule has 1 aromatic rings. The van der Waals surface area contributed by atoms with Gasteiger partial charge in [0.1, 0.15) is 12.4 Å². The van der Waals surface area contributed by atoms with Crippen molar-refractivity contribution in [1.82, 2.24) is 26.1 Å². The van der Waals surface area contributed by atoms with Crippen LogP contribution in [-0.2, 0) is 4.79 Å². The fourth-order valence-corrected chi connectivity index (χ4v) is 6.21. The molecule has 176 valence electrons. The molecule has 1 aromatic heterocycles. The fourth-order valence-electron chi connectivity index (χ4n) is 6.21. The largest absolute Gasteiger partial charge is 0.406 e. The Morgan fingerprint density at radius 2 is 2.06 bits per heavy atom. The maximum atomic E-state index is 13.4. The smallest absolute Gasteiger partial charge is 0.355 e. The Balaban J connectivity index is 1.43. The molecule has 4 heterocycles. The average molecular weight is 453 g/mol. The lowest BCUT2D eigenvalue weighted by Gasteiger charge is -2.50. The summed E-state index contributed by atoms with van der Waals surface area (Å²) in [7, 11) is 0. The number of amides is 1. The molecule has 3 aliphatic heterocycles. The van der Waals surface area contributed by atoms with E-state index in [1.807, 2.05) is 6.07 Å². The van der Waals surface area contributed by atoms with Crippen molar-refractivity contribution in [3.05, 3.63) is 23.9 Å². The number of alkyl halides is 3. The van der Waals surface area contributed by atoms with E-state index in [0.717, 1.165) is 61.7 Å². The Morgan fingerprint density at radius 1 is 1.19 bits per heavy atom. The van der Waals surface area contributed by atoms with E-state index >= 15 is 0 Å². The highest BCUT2D eigenvalue weighted by Crippen LogP contribution is 2.46. The molecule has 7 nitrogen and oxygen atoms in total. The van der Waals surface area contributed by atoms with Crippen LogP contribution in [0.5, 0.6) is 0 Å². The molecule has 10 heteroatoms. The summed E-state index contributed by atoms with van der Waals surface area (Å²) in [6.45, 7) is 2.86. The zero-order chi connectivity index (χ0) is 22.3. The van der Waals surface area contributed by atoms with Gasteiger partial charge in [0.25, 0.3) is 0 Å². The number of aromatic nitrogens is 1. The summed E-state index contributed by atoms with van der Waals surface area (Å²) in [6, 6.07) is 3.47. The molecule has 0 bridgehead atoms. The van der Waals surface area contributed by atoms with Gasteiger partial charge in [0.15, 0.2) is 0 Å². The van der Waals surface area contributed by atoms with Crippen LogP contribution in [0.4, 0.5) is 19.0 Å². The van der Waals surface area contributed by atoms with Crippen molar-refractivity contribution in [2.75, 3.05) is 44.2 Å². The summed E-state index contributed by atoms with van der Waals surface area (Å²) in [6.07, 6.45) is 0.649. The van der Waals surface area contributed by atoms with Gasteiger partial charge in [0, 0.05) is 44.5 Å². The number of hydrazine groups is 1. The van der Waals surface area contributed by atoms with Gasteiger partial charge in [-0.1, -0.05) is 6.07 Å². The molecule has 0 radical (unpaired) electrons. The number of carbonyl (C=O) groups is 1. The van der Waals surface area contributed by atoms with Crippen molar-refractivity contribution in [2.24, 2.45) is 11.8 Å². The lowest BCUT2D eigenvalue weighted by molar-refractivity contribution is -0.178. The lowest BCUT2D eigenvalue weighted by atomic mass is 9.67. The first-order valence-corrected chi connectivity index (χ1v) is 11.7. The van der Waals surface area contributed by atoms with Crippen LogP contribution in [0.1, 0.15) is 37.2 Å². The number of nitrogens with one attached hydrogen (secondary N) is 3. The zero-order valence-electron chi connectivity index (χ0n) is 18.1. The van der Waals surface area contributed by atoms with E-state index in [-0.39, 0.29) is 23.8 Å². The van der Waals surface area contributed by atoms with E-state index < -0.39 is 24.7 Å². The second kappa shape index (κ2) is 8.79. The predicted octanol–water partition coefficient (Wildman–Crippen LogP) is 1.63. The first-order valence-electron chi connectivity index (χ1n) is 11.7. The monoisotopic (exact) mass is 452 g/mol. The summed E-state index contributed by atoms with van der Waals surface area (Å²) in [5.41, 5.74) is 7.30. The Kier molecular flexibility index (Phi) is 6.02. The van der Waals surface area contributed by atoms with Crippen molar-refractivity contribution in [2.45, 2.75) is 49.9 Å². The molecule has 3 saturated heterocycles. The van der Waals surface area contributed by atoms with Gasteiger partial charge >= 0.3 is 6.18 Å². The Hall–Kier alpha value is -1.91. The third kappa shape index (κ3) is 4.20. The number of anilines is 1. The molecular formula is C22H31F3N6O. The minimum Gasteiger partial charge on any atom is -0.355 e. The van der Waals surface area contributed by atoms with Crippen LogP contribution in [0.25, 0.3) is 0 Å². The summed E-state index contributed by atoms with van der Waals surface area (Å²) in [5.74, 6) is 0.257. The summed E-state index contributed by atoms with van der Waals surface area (Å²) in [4.78, 5) is 21.2. The second-order valence-corrected chi connectivity index (χ2v) is 9.49. The standard InChI is InChI=1S/C22H31F3N6O/c23-22(24,25)13-31-18-11-14(4-5-16(18)19-17(21(31)32)12-28-29-19)15-3-1-7-27-20(15)30-9-2-6-26-8-10-30/h1,3,7,14,16-19,26,28-29H,2,4-6,8-13H2. The molecule has 5 rings (SSSR count). The van der Waals surface area contributed by atoms with E-state index in [1.165, 1.54) is 0 Å².